The van der Waals surface area contributed by atoms with E-state index in [4.69, 9.17) is 5.21 Å². The topological polar surface area (TPSA) is 48.4 Å². The van der Waals surface area contributed by atoms with E-state index in [1.165, 1.54) is 12.8 Å². The van der Waals surface area contributed by atoms with Gasteiger partial charge in [0, 0.05) is 13.1 Å². The van der Waals surface area contributed by atoms with Crippen LogP contribution in [0.25, 0.3) is 0 Å². The Morgan fingerprint density at radius 1 is 1.53 bits per heavy atom. The van der Waals surface area contributed by atoms with Crippen LogP contribution < -0.4 is 10.4 Å². The van der Waals surface area contributed by atoms with Crippen molar-refractivity contribution in [2.75, 3.05) is 23.5 Å². The van der Waals surface area contributed by atoms with E-state index in [0.29, 0.717) is 5.82 Å². The van der Waals surface area contributed by atoms with Gasteiger partial charge in [0.2, 0.25) is 0 Å². The van der Waals surface area contributed by atoms with Gasteiger partial charge in [-0.15, -0.1) is 0 Å². The summed E-state index contributed by atoms with van der Waals surface area (Å²) in [6.07, 6.45) is 4.37. The molecule has 1 atom stereocenters. The molecule has 82 valence electrons. The standard InChI is InChI=1S/C11H17N3O/c1-9-3-2-6-14(8-9)10-4-5-11(13-15)12-7-10/h4-5,7,9,15H,2-3,6,8H2,1H3,(H,12,13). The van der Waals surface area contributed by atoms with Crippen molar-refractivity contribution in [2.24, 2.45) is 5.92 Å². The molecule has 0 saturated carbocycles. The number of piperidine rings is 1. The number of rotatable bonds is 2. The largest absolute Gasteiger partial charge is 0.370 e. The molecule has 4 nitrogen and oxygen atoms in total. The Hall–Kier alpha value is -1.29. The third kappa shape index (κ3) is 2.39. The molecule has 0 amide bonds. The smallest absolute Gasteiger partial charge is 0.149 e. The maximum atomic E-state index is 8.65. The van der Waals surface area contributed by atoms with Crippen LogP contribution in [0, 0.1) is 5.92 Å². The lowest BCUT2D eigenvalue weighted by atomic mass is 10.00. The highest BCUT2D eigenvalue weighted by atomic mass is 16.5. The number of hydrogen-bond donors (Lipinski definition) is 2. The van der Waals surface area contributed by atoms with Crippen molar-refractivity contribution in [3.63, 3.8) is 0 Å². The third-order valence-corrected chi connectivity index (χ3v) is 2.88. The number of pyridine rings is 1. The Balaban J connectivity index is 2.07. The summed E-state index contributed by atoms with van der Waals surface area (Å²) in [5.41, 5.74) is 3.18. The molecule has 0 aromatic carbocycles. The Morgan fingerprint density at radius 3 is 3.00 bits per heavy atom. The maximum Gasteiger partial charge on any atom is 0.149 e. The molecule has 1 saturated heterocycles. The highest BCUT2D eigenvalue weighted by Gasteiger charge is 2.16. The van der Waals surface area contributed by atoms with E-state index in [9.17, 15) is 0 Å². The molecule has 1 unspecified atom stereocenters. The molecule has 1 aromatic rings. The van der Waals surface area contributed by atoms with Crippen LogP contribution in [-0.2, 0) is 0 Å². The summed E-state index contributed by atoms with van der Waals surface area (Å²) in [7, 11) is 0. The predicted octanol–water partition coefficient (Wildman–Crippen LogP) is 2.12. The normalized spacial score (nSPS) is 21.5. The quantitative estimate of drug-likeness (QED) is 0.729. The fourth-order valence-electron chi connectivity index (χ4n) is 2.06. The van der Waals surface area contributed by atoms with Crippen molar-refractivity contribution in [3.05, 3.63) is 18.3 Å². The van der Waals surface area contributed by atoms with Gasteiger partial charge in [0.1, 0.15) is 5.82 Å². The van der Waals surface area contributed by atoms with E-state index in [-0.39, 0.29) is 0 Å². The predicted molar refractivity (Wildman–Crippen MR) is 60.3 cm³/mol. The Labute approximate surface area is 89.9 Å². The van der Waals surface area contributed by atoms with Crippen LogP contribution in [0.5, 0.6) is 0 Å². The average Bonchev–Trinajstić information content (AvgIpc) is 2.29. The summed E-state index contributed by atoms with van der Waals surface area (Å²) in [5.74, 6) is 1.25. The van der Waals surface area contributed by atoms with Crippen molar-refractivity contribution in [3.8, 4) is 0 Å². The van der Waals surface area contributed by atoms with Crippen LogP contribution in [0.1, 0.15) is 19.8 Å². The zero-order chi connectivity index (χ0) is 10.7. The van der Waals surface area contributed by atoms with Crippen molar-refractivity contribution < 1.29 is 5.21 Å². The van der Waals surface area contributed by atoms with Crippen molar-refractivity contribution >= 4 is 11.5 Å². The first kappa shape index (κ1) is 10.2. The van der Waals surface area contributed by atoms with Crippen LogP contribution in [0.15, 0.2) is 18.3 Å². The molecule has 1 aliphatic rings. The molecule has 4 heteroatoms. The zero-order valence-electron chi connectivity index (χ0n) is 8.98. The van der Waals surface area contributed by atoms with E-state index >= 15 is 0 Å². The molecule has 0 radical (unpaired) electrons. The molecule has 0 spiro atoms. The summed E-state index contributed by atoms with van der Waals surface area (Å²) in [6.45, 7) is 4.49. The van der Waals surface area contributed by atoms with E-state index in [1.54, 1.807) is 12.3 Å². The van der Waals surface area contributed by atoms with E-state index in [0.717, 1.165) is 24.7 Å². The van der Waals surface area contributed by atoms with Gasteiger partial charge in [-0.2, -0.15) is 0 Å². The molecular weight excluding hydrogens is 190 g/mol. The lowest BCUT2D eigenvalue weighted by molar-refractivity contribution is 0.386. The molecular formula is C11H17N3O. The summed E-state index contributed by atoms with van der Waals surface area (Å²) in [5, 5.41) is 8.65. The minimum absolute atomic E-state index is 0.490. The van der Waals surface area contributed by atoms with Gasteiger partial charge >= 0.3 is 0 Å². The zero-order valence-corrected chi connectivity index (χ0v) is 8.98. The SMILES string of the molecule is CC1CCCN(c2ccc(NO)nc2)C1. The second-order valence-electron chi connectivity index (χ2n) is 4.21. The van der Waals surface area contributed by atoms with E-state index in [2.05, 4.69) is 16.8 Å². The molecule has 2 rings (SSSR count). The lowest BCUT2D eigenvalue weighted by Crippen LogP contribution is -2.34. The fourth-order valence-corrected chi connectivity index (χ4v) is 2.06. The number of anilines is 2. The van der Waals surface area contributed by atoms with Crippen molar-refractivity contribution in [1.29, 1.82) is 0 Å². The highest BCUT2D eigenvalue weighted by molar-refractivity contribution is 5.49. The van der Waals surface area contributed by atoms with Gasteiger partial charge in [-0.25, -0.2) is 4.98 Å². The molecule has 2 N–H and O–H groups in total. The summed E-state index contributed by atoms with van der Waals surface area (Å²) in [4.78, 5) is 6.44. The Kier molecular flexibility index (Phi) is 3.06. The lowest BCUT2D eigenvalue weighted by Gasteiger charge is -2.32. The molecule has 1 aromatic heterocycles. The van der Waals surface area contributed by atoms with Crippen LogP contribution in [-0.4, -0.2) is 23.3 Å². The second kappa shape index (κ2) is 4.49. The molecule has 0 aliphatic carbocycles. The van der Waals surface area contributed by atoms with Gasteiger partial charge in [-0.1, -0.05) is 6.92 Å². The number of nitrogens with zero attached hydrogens (tertiary/aromatic N) is 2. The summed E-state index contributed by atoms with van der Waals surface area (Å²) >= 11 is 0. The maximum absolute atomic E-state index is 8.65. The van der Waals surface area contributed by atoms with E-state index < -0.39 is 0 Å². The van der Waals surface area contributed by atoms with Gasteiger partial charge < -0.3 is 4.90 Å². The summed E-state index contributed by atoms with van der Waals surface area (Å²) < 4.78 is 0. The highest BCUT2D eigenvalue weighted by Crippen LogP contribution is 2.22. The van der Waals surface area contributed by atoms with Crippen LogP contribution >= 0.6 is 0 Å². The van der Waals surface area contributed by atoms with Gasteiger partial charge in [0.15, 0.2) is 0 Å². The monoisotopic (exact) mass is 207 g/mol. The minimum Gasteiger partial charge on any atom is -0.370 e. The minimum atomic E-state index is 0.490. The molecule has 15 heavy (non-hydrogen) atoms. The first-order valence-electron chi connectivity index (χ1n) is 5.40. The molecule has 2 heterocycles. The van der Waals surface area contributed by atoms with Gasteiger partial charge in [-0.3, -0.25) is 10.7 Å². The van der Waals surface area contributed by atoms with Crippen LogP contribution in [0.2, 0.25) is 0 Å². The number of aromatic nitrogens is 1. The van der Waals surface area contributed by atoms with Crippen molar-refractivity contribution in [1.82, 2.24) is 4.98 Å². The summed E-state index contributed by atoms with van der Waals surface area (Å²) in [6, 6.07) is 3.78. The van der Waals surface area contributed by atoms with Crippen molar-refractivity contribution in [2.45, 2.75) is 19.8 Å². The third-order valence-electron chi connectivity index (χ3n) is 2.88. The molecule has 1 fully saturated rings. The Bertz CT molecular complexity index is 312. The average molecular weight is 207 g/mol. The first-order valence-corrected chi connectivity index (χ1v) is 5.40. The fraction of sp³-hybridized carbons (Fsp3) is 0.545. The Morgan fingerprint density at radius 2 is 2.40 bits per heavy atom. The van der Waals surface area contributed by atoms with Gasteiger partial charge in [0.25, 0.3) is 0 Å². The molecule has 1 aliphatic heterocycles. The van der Waals surface area contributed by atoms with Crippen LogP contribution in [0.4, 0.5) is 11.5 Å². The van der Waals surface area contributed by atoms with E-state index in [1.807, 2.05) is 11.5 Å². The first-order chi connectivity index (χ1) is 7.29. The second-order valence-corrected chi connectivity index (χ2v) is 4.21. The van der Waals surface area contributed by atoms with Gasteiger partial charge in [0.05, 0.1) is 11.9 Å². The number of hydrogen-bond acceptors (Lipinski definition) is 4. The van der Waals surface area contributed by atoms with Gasteiger partial charge in [-0.05, 0) is 30.9 Å². The number of nitrogens with one attached hydrogen (secondary N) is 1. The van der Waals surface area contributed by atoms with Crippen LogP contribution in [0.3, 0.4) is 0 Å². The molecule has 0 bridgehead atoms.